The second-order valence-corrected chi connectivity index (χ2v) is 6.19. The van der Waals surface area contributed by atoms with Crippen LogP contribution < -0.4 is 4.74 Å². The highest BCUT2D eigenvalue weighted by molar-refractivity contribution is 7.98. The quantitative estimate of drug-likeness (QED) is 0.438. The zero-order valence-corrected chi connectivity index (χ0v) is 14.9. The average molecular weight is 377 g/mol. The van der Waals surface area contributed by atoms with Crippen LogP contribution in [0.5, 0.6) is 5.75 Å². The highest BCUT2D eigenvalue weighted by atomic mass is 32.2. The van der Waals surface area contributed by atoms with Crippen molar-refractivity contribution in [3.8, 4) is 17.1 Å². The van der Waals surface area contributed by atoms with E-state index >= 15 is 0 Å². The zero-order chi connectivity index (χ0) is 18.5. The number of halogens is 2. The number of ether oxygens (including phenoxy) is 1. The minimum absolute atomic E-state index is 0.259. The summed E-state index contributed by atoms with van der Waals surface area (Å²) in [5.41, 5.74) is 0.876. The Balaban J connectivity index is 1.84. The number of rotatable bonds is 8. The Morgan fingerprint density at radius 3 is 2.69 bits per heavy atom. The van der Waals surface area contributed by atoms with Crippen molar-refractivity contribution in [2.75, 3.05) is 7.11 Å². The molecule has 9 heteroatoms. The summed E-state index contributed by atoms with van der Waals surface area (Å²) in [5, 5.41) is 9.06. The Bertz CT molecular complexity index is 876. The Hall–Kier alpha value is -2.68. The van der Waals surface area contributed by atoms with Gasteiger partial charge in [-0.15, -0.1) is 16.8 Å². The van der Waals surface area contributed by atoms with E-state index in [2.05, 4.69) is 21.8 Å². The van der Waals surface area contributed by atoms with Gasteiger partial charge in [0.05, 0.1) is 12.9 Å². The van der Waals surface area contributed by atoms with Gasteiger partial charge in [-0.3, -0.25) is 9.13 Å². The fraction of sp³-hybridized carbons (Fsp3) is 0.235. The van der Waals surface area contributed by atoms with Gasteiger partial charge in [0, 0.05) is 24.5 Å². The van der Waals surface area contributed by atoms with Crippen molar-refractivity contribution in [2.45, 2.75) is 24.0 Å². The largest absolute Gasteiger partial charge is 0.497 e. The molecule has 0 N–H and O–H groups in total. The van der Waals surface area contributed by atoms with Gasteiger partial charge in [-0.2, -0.15) is 8.78 Å². The number of nitrogens with zero attached hydrogens (tertiary/aromatic N) is 5. The molecule has 6 nitrogen and oxygen atoms in total. The Morgan fingerprint density at radius 1 is 1.27 bits per heavy atom. The van der Waals surface area contributed by atoms with Gasteiger partial charge in [-0.05, 0) is 24.3 Å². The van der Waals surface area contributed by atoms with Gasteiger partial charge in [0.2, 0.25) is 0 Å². The first kappa shape index (κ1) is 18.1. The number of hydrogen-bond donors (Lipinski definition) is 0. The number of imidazole rings is 1. The SMILES string of the molecule is C=CCn1c(SCc2nccn2C(F)F)nnc1-c1ccc(OC)cc1. The topological polar surface area (TPSA) is 57.8 Å². The summed E-state index contributed by atoms with van der Waals surface area (Å²) in [6.45, 7) is 1.65. The molecule has 0 saturated heterocycles. The van der Waals surface area contributed by atoms with E-state index in [0.29, 0.717) is 17.5 Å². The van der Waals surface area contributed by atoms with Crippen molar-refractivity contribution in [3.05, 3.63) is 55.1 Å². The molecule has 0 aliphatic heterocycles. The number of allylic oxidation sites excluding steroid dienone is 1. The van der Waals surface area contributed by atoms with Gasteiger partial charge in [-0.25, -0.2) is 4.98 Å². The standard InChI is InChI=1S/C17H17F2N5OS/c1-3-9-24-15(12-4-6-13(25-2)7-5-12)21-22-17(24)26-11-14-20-8-10-23(14)16(18)19/h3-8,10,16H,1,9,11H2,2H3. The number of hydrogen-bond acceptors (Lipinski definition) is 5. The molecule has 1 aromatic carbocycles. The summed E-state index contributed by atoms with van der Waals surface area (Å²) < 4.78 is 33.7. The summed E-state index contributed by atoms with van der Waals surface area (Å²) in [7, 11) is 1.60. The number of benzene rings is 1. The smallest absolute Gasteiger partial charge is 0.319 e. The first-order valence-corrected chi connectivity index (χ1v) is 8.73. The van der Waals surface area contributed by atoms with E-state index in [1.54, 1.807) is 13.2 Å². The number of methoxy groups -OCH3 is 1. The molecule has 0 fully saturated rings. The molecule has 26 heavy (non-hydrogen) atoms. The summed E-state index contributed by atoms with van der Waals surface area (Å²) in [6, 6.07) is 7.46. The third-order valence-corrected chi connectivity index (χ3v) is 4.63. The van der Waals surface area contributed by atoms with E-state index in [1.807, 2.05) is 28.8 Å². The minimum atomic E-state index is -2.62. The first-order valence-electron chi connectivity index (χ1n) is 7.75. The molecule has 0 radical (unpaired) electrons. The van der Waals surface area contributed by atoms with E-state index in [9.17, 15) is 8.78 Å². The summed E-state index contributed by atoms with van der Waals surface area (Å²) in [4.78, 5) is 3.98. The van der Waals surface area contributed by atoms with Crippen LogP contribution in [0.25, 0.3) is 11.4 Å². The van der Waals surface area contributed by atoms with Gasteiger partial charge in [0.25, 0.3) is 0 Å². The monoisotopic (exact) mass is 377 g/mol. The predicted octanol–water partition coefficient (Wildman–Crippen LogP) is 4.02. The third kappa shape index (κ3) is 3.77. The Morgan fingerprint density at radius 2 is 2.04 bits per heavy atom. The normalized spacial score (nSPS) is 11.1. The second-order valence-electron chi connectivity index (χ2n) is 5.25. The van der Waals surface area contributed by atoms with Crippen LogP contribution >= 0.6 is 11.8 Å². The second kappa shape index (κ2) is 8.13. The van der Waals surface area contributed by atoms with Crippen molar-refractivity contribution in [2.24, 2.45) is 0 Å². The molecule has 0 spiro atoms. The van der Waals surface area contributed by atoms with E-state index in [0.717, 1.165) is 15.9 Å². The molecule has 3 rings (SSSR count). The van der Waals surface area contributed by atoms with Crippen molar-refractivity contribution < 1.29 is 13.5 Å². The molecular formula is C17H17F2N5OS. The van der Waals surface area contributed by atoms with Crippen LogP contribution in [0.1, 0.15) is 12.4 Å². The van der Waals surface area contributed by atoms with Crippen LogP contribution in [0, 0.1) is 0 Å². The zero-order valence-electron chi connectivity index (χ0n) is 14.0. The van der Waals surface area contributed by atoms with Gasteiger partial charge >= 0.3 is 6.55 Å². The summed E-state index contributed by atoms with van der Waals surface area (Å²) in [6.07, 6.45) is 4.36. The van der Waals surface area contributed by atoms with Crippen LogP contribution in [-0.2, 0) is 12.3 Å². The lowest BCUT2D eigenvalue weighted by atomic mass is 10.2. The highest BCUT2D eigenvalue weighted by Gasteiger charge is 2.16. The minimum Gasteiger partial charge on any atom is -0.497 e. The molecule has 0 atom stereocenters. The van der Waals surface area contributed by atoms with Crippen LogP contribution in [0.15, 0.2) is 54.5 Å². The molecule has 0 unspecified atom stereocenters. The summed E-state index contributed by atoms with van der Waals surface area (Å²) >= 11 is 1.30. The maximum atomic E-state index is 12.9. The van der Waals surface area contributed by atoms with Gasteiger partial charge in [-0.1, -0.05) is 17.8 Å². The first-order chi connectivity index (χ1) is 12.6. The number of alkyl halides is 2. The van der Waals surface area contributed by atoms with E-state index < -0.39 is 6.55 Å². The molecule has 0 saturated carbocycles. The fourth-order valence-electron chi connectivity index (χ4n) is 2.41. The Kier molecular flexibility index (Phi) is 5.67. The molecule has 2 heterocycles. The maximum Gasteiger partial charge on any atom is 0.319 e. The van der Waals surface area contributed by atoms with Crippen LogP contribution in [0.4, 0.5) is 8.78 Å². The maximum absolute atomic E-state index is 12.9. The molecule has 0 amide bonds. The van der Waals surface area contributed by atoms with Crippen molar-refractivity contribution >= 4 is 11.8 Å². The third-order valence-electron chi connectivity index (χ3n) is 3.67. The molecule has 0 aliphatic rings. The molecule has 2 aromatic heterocycles. The lowest BCUT2D eigenvalue weighted by Gasteiger charge is -2.09. The van der Waals surface area contributed by atoms with Gasteiger partial charge < -0.3 is 4.74 Å². The van der Waals surface area contributed by atoms with Crippen LogP contribution in [0.3, 0.4) is 0 Å². The van der Waals surface area contributed by atoms with Crippen molar-refractivity contribution in [1.29, 1.82) is 0 Å². The fourth-order valence-corrected chi connectivity index (χ4v) is 3.30. The lowest BCUT2D eigenvalue weighted by Crippen LogP contribution is -2.04. The molecule has 136 valence electrons. The molecular weight excluding hydrogens is 360 g/mol. The molecule has 0 bridgehead atoms. The summed E-state index contributed by atoms with van der Waals surface area (Å²) in [5.74, 6) is 1.96. The Labute approximate surface area is 153 Å². The lowest BCUT2D eigenvalue weighted by molar-refractivity contribution is 0.0678. The highest BCUT2D eigenvalue weighted by Crippen LogP contribution is 2.28. The predicted molar refractivity (Wildman–Crippen MR) is 95.2 cm³/mol. The molecule has 0 aliphatic carbocycles. The van der Waals surface area contributed by atoms with E-state index in [-0.39, 0.29) is 11.6 Å². The number of aromatic nitrogens is 5. The van der Waals surface area contributed by atoms with E-state index in [1.165, 1.54) is 24.2 Å². The van der Waals surface area contributed by atoms with Crippen LogP contribution in [0.2, 0.25) is 0 Å². The van der Waals surface area contributed by atoms with Crippen molar-refractivity contribution in [3.63, 3.8) is 0 Å². The van der Waals surface area contributed by atoms with E-state index in [4.69, 9.17) is 4.74 Å². The van der Waals surface area contributed by atoms with Gasteiger partial charge in [0.1, 0.15) is 11.6 Å². The number of thioether (sulfide) groups is 1. The van der Waals surface area contributed by atoms with Gasteiger partial charge in [0.15, 0.2) is 11.0 Å². The average Bonchev–Trinajstić information content (AvgIpc) is 3.27. The molecule has 3 aromatic rings. The van der Waals surface area contributed by atoms with Crippen molar-refractivity contribution in [1.82, 2.24) is 24.3 Å². The van der Waals surface area contributed by atoms with Crippen LogP contribution in [-0.4, -0.2) is 31.4 Å².